The maximum absolute atomic E-state index is 11.4. The lowest BCUT2D eigenvalue weighted by molar-refractivity contribution is -0.215. The predicted molar refractivity (Wildman–Crippen MR) is 79.2 cm³/mol. The van der Waals surface area contributed by atoms with Crippen molar-refractivity contribution < 1.29 is 33.9 Å². The normalized spacial score (nSPS) is 17.3. The maximum atomic E-state index is 11.4. The molecule has 126 valence electrons. The van der Waals surface area contributed by atoms with Crippen molar-refractivity contribution >= 4 is 11.9 Å². The van der Waals surface area contributed by atoms with Crippen LogP contribution >= 0.6 is 0 Å². The van der Waals surface area contributed by atoms with Gasteiger partial charge >= 0.3 is 11.9 Å². The summed E-state index contributed by atoms with van der Waals surface area (Å²) >= 11 is 0. The van der Waals surface area contributed by atoms with E-state index in [1.807, 2.05) is 6.92 Å². The fraction of sp³-hybridized carbons (Fsp3) is 0.500. The first-order chi connectivity index (χ1) is 11.1. The predicted octanol–water partition coefficient (Wildman–Crippen LogP) is 2.93. The van der Waals surface area contributed by atoms with Crippen molar-refractivity contribution in [2.45, 2.75) is 45.3 Å². The quantitative estimate of drug-likeness (QED) is 0.609. The fourth-order valence-electron chi connectivity index (χ4n) is 2.14. The summed E-state index contributed by atoms with van der Waals surface area (Å²) in [5, 5.41) is 9.30. The second kappa shape index (κ2) is 8.38. The molecular weight excluding hydrogens is 304 g/mol. The first-order valence-electron chi connectivity index (χ1n) is 7.63. The van der Waals surface area contributed by atoms with Gasteiger partial charge in [-0.1, -0.05) is 13.0 Å². The number of benzene rings is 1. The molecule has 23 heavy (non-hydrogen) atoms. The van der Waals surface area contributed by atoms with Crippen molar-refractivity contribution in [2.75, 3.05) is 6.61 Å². The molecule has 1 aliphatic heterocycles. The standard InChI is InChI=1S/C16H20O7/c1-2-6-13(17)23-22-12-8-5-7-11(16(18)19)15(12)21-14-9-3-4-10-20-14/h5,7-8,14H,2-4,6,9-10H2,1H3,(H,18,19). The minimum atomic E-state index is -1.17. The second-order valence-electron chi connectivity index (χ2n) is 5.14. The molecule has 0 saturated carbocycles. The molecule has 2 rings (SSSR count). The Labute approximate surface area is 134 Å². The Morgan fingerprint density at radius 3 is 2.83 bits per heavy atom. The van der Waals surface area contributed by atoms with Gasteiger partial charge < -0.3 is 14.6 Å². The number of rotatable bonds is 7. The summed E-state index contributed by atoms with van der Waals surface area (Å²) < 4.78 is 11.1. The third kappa shape index (κ3) is 4.85. The highest BCUT2D eigenvalue weighted by atomic mass is 17.2. The summed E-state index contributed by atoms with van der Waals surface area (Å²) in [4.78, 5) is 32.5. The molecule has 1 N–H and O–H groups in total. The maximum Gasteiger partial charge on any atom is 0.355 e. The fourth-order valence-corrected chi connectivity index (χ4v) is 2.14. The number of para-hydroxylation sites is 1. The molecule has 1 fully saturated rings. The zero-order valence-corrected chi connectivity index (χ0v) is 12.9. The molecular formula is C16H20O7. The first-order valence-corrected chi connectivity index (χ1v) is 7.63. The van der Waals surface area contributed by atoms with Crippen LogP contribution in [0.2, 0.25) is 0 Å². The van der Waals surface area contributed by atoms with E-state index in [4.69, 9.17) is 14.4 Å². The number of aromatic carboxylic acids is 1. The van der Waals surface area contributed by atoms with E-state index in [-0.39, 0.29) is 23.5 Å². The molecule has 7 heteroatoms. The van der Waals surface area contributed by atoms with Gasteiger partial charge in [0.2, 0.25) is 5.75 Å². The van der Waals surface area contributed by atoms with Crippen molar-refractivity contribution in [3.8, 4) is 11.5 Å². The van der Waals surface area contributed by atoms with Crippen LogP contribution in [0.5, 0.6) is 11.5 Å². The van der Waals surface area contributed by atoms with Gasteiger partial charge in [0, 0.05) is 12.8 Å². The molecule has 7 nitrogen and oxygen atoms in total. The Kier molecular flexibility index (Phi) is 6.22. The van der Waals surface area contributed by atoms with Gasteiger partial charge in [0.05, 0.1) is 6.61 Å². The average Bonchev–Trinajstić information content (AvgIpc) is 2.55. The molecule has 0 bridgehead atoms. The van der Waals surface area contributed by atoms with Crippen molar-refractivity contribution in [3.63, 3.8) is 0 Å². The van der Waals surface area contributed by atoms with Gasteiger partial charge in [-0.25, -0.2) is 9.59 Å². The Balaban J connectivity index is 2.17. The summed E-state index contributed by atoms with van der Waals surface area (Å²) in [5.74, 6) is -1.67. The highest BCUT2D eigenvalue weighted by molar-refractivity contribution is 5.92. The van der Waals surface area contributed by atoms with Crippen LogP contribution in [0, 0.1) is 0 Å². The molecule has 1 aromatic rings. The van der Waals surface area contributed by atoms with E-state index >= 15 is 0 Å². The molecule has 1 heterocycles. The summed E-state index contributed by atoms with van der Waals surface area (Å²) in [5.41, 5.74) is -0.0804. The largest absolute Gasteiger partial charge is 0.478 e. The molecule has 0 radical (unpaired) electrons. The van der Waals surface area contributed by atoms with Gasteiger partial charge in [-0.2, -0.15) is 0 Å². The van der Waals surface area contributed by atoms with Gasteiger partial charge in [-0.05, 0) is 31.4 Å². The zero-order valence-electron chi connectivity index (χ0n) is 12.9. The van der Waals surface area contributed by atoms with E-state index in [0.717, 1.165) is 12.8 Å². The van der Waals surface area contributed by atoms with Crippen molar-refractivity contribution in [1.29, 1.82) is 0 Å². The Morgan fingerprint density at radius 2 is 2.17 bits per heavy atom. The lowest BCUT2D eigenvalue weighted by Crippen LogP contribution is -2.26. The molecule has 0 aromatic heterocycles. The number of hydrogen-bond acceptors (Lipinski definition) is 6. The number of carbonyl (C=O) groups excluding carboxylic acids is 1. The molecule has 1 aliphatic rings. The van der Waals surface area contributed by atoms with Gasteiger partial charge in [0.25, 0.3) is 0 Å². The molecule has 0 spiro atoms. The first kappa shape index (κ1) is 17.1. The topological polar surface area (TPSA) is 91.3 Å². The Bertz CT molecular complexity index is 549. The highest BCUT2D eigenvalue weighted by Gasteiger charge is 2.24. The molecule has 1 unspecified atom stereocenters. The van der Waals surface area contributed by atoms with Crippen LogP contribution in [0.1, 0.15) is 49.4 Å². The molecule has 1 saturated heterocycles. The van der Waals surface area contributed by atoms with E-state index in [0.29, 0.717) is 19.4 Å². The van der Waals surface area contributed by atoms with Crippen molar-refractivity contribution in [1.82, 2.24) is 0 Å². The van der Waals surface area contributed by atoms with Crippen molar-refractivity contribution in [3.05, 3.63) is 23.8 Å². The number of ether oxygens (including phenoxy) is 2. The number of carbonyl (C=O) groups is 2. The summed E-state index contributed by atoms with van der Waals surface area (Å²) in [6.45, 7) is 2.39. The number of hydrogen-bond donors (Lipinski definition) is 1. The van der Waals surface area contributed by atoms with Crippen LogP contribution in [0.15, 0.2) is 18.2 Å². The van der Waals surface area contributed by atoms with Crippen LogP contribution in [-0.2, 0) is 14.4 Å². The summed E-state index contributed by atoms with van der Waals surface area (Å²) in [6, 6.07) is 4.35. The van der Waals surface area contributed by atoms with E-state index in [9.17, 15) is 14.7 Å². The van der Waals surface area contributed by atoms with Gasteiger partial charge in [0.1, 0.15) is 5.56 Å². The number of carboxylic acid groups (broad SMARTS) is 1. The van der Waals surface area contributed by atoms with E-state index in [2.05, 4.69) is 4.89 Å². The summed E-state index contributed by atoms with van der Waals surface area (Å²) in [7, 11) is 0. The minimum absolute atomic E-state index is 0.00352. The Morgan fingerprint density at radius 1 is 1.35 bits per heavy atom. The van der Waals surface area contributed by atoms with Gasteiger partial charge in [-0.3, -0.25) is 9.78 Å². The Hall–Kier alpha value is -2.28. The lowest BCUT2D eigenvalue weighted by Gasteiger charge is -2.24. The zero-order chi connectivity index (χ0) is 16.7. The van der Waals surface area contributed by atoms with Crippen molar-refractivity contribution in [2.24, 2.45) is 0 Å². The van der Waals surface area contributed by atoms with Crippen LogP contribution in [0.25, 0.3) is 0 Å². The van der Waals surface area contributed by atoms with Gasteiger partial charge in [-0.15, -0.1) is 0 Å². The van der Waals surface area contributed by atoms with E-state index in [1.165, 1.54) is 18.2 Å². The van der Waals surface area contributed by atoms with Crippen LogP contribution < -0.4 is 9.62 Å². The molecule has 0 amide bonds. The SMILES string of the molecule is CCCC(=O)OOc1cccc(C(=O)O)c1OC1CCCCO1. The third-order valence-corrected chi connectivity index (χ3v) is 3.28. The highest BCUT2D eigenvalue weighted by Crippen LogP contribution is 2.34. The van der Waals surface area contributed by atoms with Crippen LogP contribution in [0.3, 0.4) is 0 Å². The number of carboxylic acids is 1. The average molecular weight is 324 g/mol. The second-order valence-corrected chi connectivity index (χ2v) is 5.14. The molecule has 1 aromatic carbocycles. The lowest BCUT2D eigenvalue weighted by atomic mass is 10.1. The third-order valence-electron chi connectivity index (χ3n) is 3.28. The minimum Gasteiger partial charge on any atom is -0.478 e. The smallest absolute Gasteiger partial charge is 0.355 e. The van der Waals surface area contributed by atoms with Gasteiger partial charge in [0.15, 0.2) is 12.0 Å². The van der Waals surface area contributed by atoms with E-state index in [1.54, 1.807) is 0 Å². The molecule has 0 aliphatic carbocycles. The van der Waals surface area contributed by atoms with E-state index < -0.39 is 18.2 Å². The monoisotopic (exact) mass is 324 g/mol. The molecule has 1 atom stereocenters. The van der Waals surface area contributed by atoms with Crippen LogP contribution in [-0.4, -0.2) is 29.9 Å². The summed E-state index contributed by atoms with van der Waals surface area (Å²) in [6.07, 6.45) is 2.82. The van der Waals surface area contributed by atoms with Crippen LogP contribution in [0.4, 0.5) is 0 Å².